The van der Waals surface area contributed by atoms with Gasteiger partial charge in [0.1, 0.15) is 4.83 Å². The molecule has 0 rings (SSSR count). The Morgan fingerprint density at radius 3 is 2.54 bits per heavy atom. The van der Waals surface area contributed by atoms with Crippen LogP contribution < -0.4 is 0 Å². The van der Waals surface area contributed by atoms with Gasteiger partial charge in [0, 0.05) is 6.42 Å². The van der Waals surface area contributed by atoms with Crippen LogP contribution >= 0.6 is 15.9 Å². The first-order valence-electron chi connectivity index (χ1n) is 3.67. The summed E-state index contributed by atoms with van der Waals surface area (Å²) in [6.45, 7) is 4.93. The van der Waals surface area contributed by atoms with Crippen molar-refractivity contribution in [2.24, 2.45) is 0 Å². The summed E-state index contributed by atoms with van der Waals surface area (Å²) < 4.78 is 4.66. The Hall–Kier alpha value is -0.840. The lowest BCUT2D eigenvalue weighted by molar-refractivity contribution is -0.163. The maximum absolute atomic E-state index is 11.0. The van der Waals surface area contributed by atoms with Crippen molar-refractivity contribution in [2.45, 2.75) is 24.3 Å². The van der Waals surface area contributed by atoms with E-state index in [1.165, 1.54) is 6.08 Å². The van der Waals surface area contributed by atoms with Crippen LogP contribution in [0.4, 0.5) is 0 Å². The van der Waals surface area contributed by atoms with Gasteiger partial charge in [-0.2, -0.15) is 0 Å². The highest BCUT2D eigenvalue weighted by atomic mass is 79.9. The number of hydrogen-bond acceptors (Lipinski definition) is 3. The number of carboxylic acids is 1. The summed E-state index contributed by atoms with van der Waals surface area (Å²) >= 11 is 2.98. The highest BCUT2D eigenvalue weighted by Gasteiger charge is 2.22. The molecule has 2 unspecified atom stereocenters. The van der Waals surface area contributed by atoms with Gasteiger partial charge in [-0.05, 0) is 6.92 Å². The van der Waals surface area contributed by atoms with Gasteiger partial charge in [-0.15, -0.1) is 6.58 Å². The number of carboxylic acid groups (broad SMARTS) is 1. The van der Waals surface area contributed by atoms with Crippen LogP contribution in [0, 0.1) is 0 Å². The molecule has 1 N–H and O–H groups in total. The van der Waals surface area contributed by atoms with E-state index in [0.717, 1.165) is 0 Å². The van der Waals surface area contributed by atoms with E-state index in [4.69, 9.17) is 5.11 Å². The van der Waals surface area contributed by atoms with Crippen LogP contribution in [0.1, 0.15) is 13.3 Å². The number of alkyl halides is 1. The average Bonchev–Trinajstić information content (AvgIpc) is 2.03. The van der Waals surface area contributed by atoms with Crippen molar-refractivity contribution < 1.29 is 19.4 Å². The van der Waals surface area contributed by atoms with Gasteiger partial charge in [-0.1, -0.05) is 22.0 Å². The summed E-state index contributed by atoms with van der Waals surface area (Å²) in [4.78, 5) is 21.0. The van der Waals surface area contributed by atoms with Crippen molar-refractivity contribution in [1.82, 2.24) is 0 Å². The van der Waals surface area contributed by atoms with Crippen molar-refractivity contribution in [3.05, 3.63) is 12.7 Å². The summed E-state index contributed by atoms with van der Waals surface area (Å²) in [5.74, 6) is -1.75. The van der Waals surface area contributed by atoms with E-state index in [9.17, 15) is 9.59 Å². The van der Waals surface area contributed by atoms with E-state index < -0.39 is 22.9 Å². The first-order chi connectivity index (χ1) is 5.99. The van der Waals surface area contributed by atoms with Crippen molar-refractivity contribution in [3.8, 4) is 0 Å². The van der Waals surface area contributed by atoms with E-state index in [1.807, 2.05) is 0 Å². The van der Waals surface area contributed by atoms with Crippen LogP contribution in [0.15, 0.2) is 12.7 Å². The molecular weight excluding hydrogens is 240 g/mol. The van der Waals surface area contributed by atoms with Gasteiger partial charge < -0.3 is 9.84 Å². The van der Waals surface area contributed by atoms with Crippen LogP contribution in [-0.4, -0.2) is 28.0 Å². The maximum Gasteiger partial charge on any atom is 0.345 e. The Morgan fingerprint density at radius 1 is 1.69 bits per heavy atom. The Morgan fingerprint density at radius 2 is 2.23 bits per heavy atom. The average molecular weight is 251 g/mol. The van der Waals surface area contributed by atoms with Crippen LogP contribution in [0.2, 0.25) is 0 Å². The molecule has 0 saturated heterocycles. The third-order valence-corrected chi connectivity index (χ3v) is 1.61. The van der Waals surface area contributed by atoms with Gasteiger partial charge in [-0.3, -0.25) is 4.79 Å². The molecule has 0 radical (unpaired) electrons. The molecule has 0 aromatic carbocycles. The fraction of sp³-hybridized carbons (Fsp3) is 0.500. The molecule has 0 aliphatic carbocycles. The number of esters is 1. The molecule has 0 aliphatic heterocycles. The van der Waals surface area contributed by atoms with Gasteiger partial charge in [0.2, 0.25) is 6.10 Å². The smallest absolute Gasteiger partial charge is 0.345 e. The van der Waals surface area contributed by atoms with Crippen molar-refractivity contribution in [1.29, 1.82) is 0 Å². The zero-order chi connectivity index (χ0) is 10.4. The largest absolute Gasteiger partial charge is 0.478 e. The minimum atomic E-state index is -1.17. The van der Waals surface area contributed by atoms with Crippen LogP contribution in [0.5, 0.6) is 0 Å². The second-order valence-electron chi connectivity index (χ2n) is 2.40. The second kappa shape index (κ2) is 5.75. The normalized spacial score (nSPS) is 14.3. The minimum Gasteiger partial charge on any atom is -0.478 e. The number of carbonyl (C=O) groups is 2. The molecule has 0 aromatic heterocycles. The molecular formula is C8H11BrO4. The number of halogens is 1. The molecule has 0 aromatic rings. The third kappa shape index (κ3) is 4.67. The Balaban J connectivity index is 4.17. The molecule has 0 heterocycles. The Labute approximate surface area is 84.7 Å². The lowest BCUT2D eigenvalue weighted by atomic mass is 10.2. The molecule has 0 bridgehead atoms. The molecule has 0 saturated carbocycles. The predicted octanol–water partition coefficient (Wildman–Crippen LogP) is 1.34. The highest BCUT2D eigenvalue weighted by Crippen LogP contribution is 2.06. The van der Waals surface area contributed by atoms with Crippen molar-refractivity contribution in [2.75, 3.05) is 0 Å². The third-order valence-electron chi connectivity index (χ3n) is 1.24. The molecule has 0 fully saturated rings. The monoisotopic (exact) mass is 250 g/mol. The maximum atomic E-state index is 11.0. The summed E-state index contributed by atoms with van der Waals surface area (Å²) in [7, 11) is 0. The SMILES string of the molecule is C=CCC(OC(=O)C(C)Br)C(=O)O. The van der Waals surface area contributed by atoms with Gasteiger partial charge in [0.25, 0.3) is 0 Å². The first-order valence-corrected chi connectivity index (χ1v) is 4.59. The van der Waals surface area contributed by atoms with E-state index in [-0.39, 0.29) is 6.42 Å². The van der Waals surface area contributed by atoms with Gasteiger partial charge >= 0.3 is 11.9 Å². The summed E-state index contributed by atoms with van der Waals surface area (Å²) in [5, 5.41) is 8.59. The van der Waals surface area contributed by atoms with Crippen molar-refractivity contribution in [3.63, 3.8) is 0 Å². The standard InChI is InChI=1S/C8H11BrO4/c1-3-4-6(7(10)11)13-8(12)5(2)9/h3,5-6H,1,4H2,2H3,(H,10,11). The summed E-state index contributed by atoms with van der Waals surface area (Å²) in [6.07, 6.45) is 0.371. The number of carbonyl (C=O) groups excluding carboxylic acids is 1. The van der Waals surface area contributed by atoms with E-state index in [0.29, 0.717) is 0 Å². The fourth-order valence-corrected chi connectivity index (χ4v) is 0.693. The summed E-state index contributed by atoms with van der Waals surface area (Å²) in [6, 6.07) is 0. The molecule has 4 nitrogen and oxygen atoms in total. The lowest BCUT2D eigenvalue weighted by Crippen LogP contribution is -2.29. The number of ether oxygens (including phenoxy) is 1. The Bertz CT molecular complexity index is 212. The zero-order valence-corrected chi connectivity index (χ0v) is 8.78. The summed E-state index contributed by atoms with van der Waals surface area (Å²) in [5.41, 5.74) is 0. The molecule has 5 heteroatoms. The first kappa shape index (κ1) is 12.2. The quantitative estimate of drug-likeness (QED) is 0.455. The van der Waals surface area contributed by atoms with E-state index >= 15 is 0 Å². The topological polar surface area (TPSA) is 63.6 Å². The molecule has 0 aliphatic rings. The van der Waals surface area contributed by atoms with Crippen LogP contribution in [-0.2, 0) is 14.3 Å². The van der Waals surface area contributed by atoms with Gasteiger partial charge in [-0.25, -0.2) is 4.79 Å². The molecule has 2 atom stereocenters. The van der Waals surface area contributed by atoms with E-state index in [1.54, 1.807) is 6.92 Å². The number of hydrogen-bond donors (Lipinski definition) is 1. The van der Waals surface area contributed by atoms with E-state index in [2.05, 4.69) is 27.2 Å². The number of rotatable bonds is 5. The van der Waals surface area contributed by atoms with Crippen LogP contribution in [0.25, 0.3) is 0 Å². The van der Waals surface area contributed by atoms with Crippen molar-refractivity contribution >= 4 is 27.9 Å². The highest BCUT2D eigenvalue weighted by molar-refractivity contribution is 9.10. The Kier molecular flexibility index (Phi) is 5.37. The number of aliphatic carboxylic acids is 1. The van der Waals surface area contributed by atoms with Gasteiger partial charge in [0.05, 0.1) is 0 Å². The fourth-order valence-electron chi connectivity index (χ4n) is 0.585. The molecule has 0 amide bonds. The lowest BCUT2D eigenvalue weighted by Gasteiger charge is -2.12. The molecule has 0 spiro atoms. The molecule has 74 valence electrons. The van der Waals surface area contributed by atoms with Gasteiger partial charge in [0.15, 0.2) is 0 Å². The second-order valence-corrected chi connectivity index (χ2v) is 3.78. The van der Waals surface area contributed by atoms with Crippen LogP contribution in [0.3, 0.4) is 0 Å². The minimum absolute atomic E-state index is 0.112. The predicted molar refractivity (Wildman–Crippen MR) is 50.7 cm³/mol. The molecule has 13 heavy (non-hydrogen) atoms. The zero-order valence-electron chi connectivity index (χ0n) is 7.20.